The van der Waals surface area contributed by atoms with Crippen LogP contribution in [0.3, 0.4) is 0 Å². The van der Waals surface area contributed by atoms with Crippen molar-refractivity contribution in [1.82, 2.24) is 14.7 Å². The van der Waals surface area contributed by atoms with Crippen molar-refractivity contribution in [3.05, 3.63) is 34.8 Å². The number of carbonyl (C=O) groups excluding carboxylic acids is 1. The second-order valence-corrected chi connectivity index (χ2v) is 9.32. The Morgan fingerprint density at radius 2 is 1.82 bits per heavy atom. The van der Waals surface area contributed by atoms with Gasteiger partial charge >= 0.3 is 6.18 Å². The molecule has 6 nitrogen and oxygen atoms in total. The highest BCUT2D eigenvalue weighted by Gasteiger charge is 2.41. The molecule has 2 heterocycles. The number of alkyl halides is 5. The van der Waals surface area contributed by atoms with Gasteiger partial charge in [0.25, 0.3) is 5.91 Å². The summed E-state index contributed by atoms with van der Waals surface area (Å²) in [6.45, 7) is 0. The molecule has 2 aliphatic carbocycles. The number of hydrogen-bond donors (Lipinski definition) is 2. The quantitative estimate of drug-likeness (QED) is 0.620. The van der Waals surface area contributed by atoms with Crippen LogP contribution in [0, 0.1) is 17.2 Å². The van der Waals surface area contributed by atoms with Crippen molar-refractivity contribution >= 4 is 11.6 Å². The number of aliphatic hydroxyl groups is 1. The third kappa shape index (κ3) is 5.17. The molecule has 0 radical (unpaired) electrons. The molecule has 2 aliphatic rings. The van der Waals surface area contributed by atoms with Crippen LogP contribution in [0.25, 0.3) is 5.65 Å². The first-order chi connectivity index (χ1) is 16.0. The molecule has 2 fully saturated rings. The fourth-order valence-electron chi connectivity index (χ4n) is 4.93. The van der Waals surface area contributed by atoms with Crippen LogP contribution in [0.4, 0.5) is 22.0 Å². The number of fused-ring (bicyclic) bond motifs is 1. The Kier molecular flexibility index (Phi) is 6.55. The summed E-state index contributed by atoms with van der Waals surface area (Å²) in [5, 5.41) is 22.1. The number of amides is 1. The number of nitrogens with one attached hydrogen (secondary N) is 1. The minimum atomic E-state index is -4.81. The lowest BCUT2D eigenvalue weighted by atomic mass is 9.83. The van der Waals surface area contributed by atoms with Crippen LogP contribution in [-0.4, -0.2) is 38.5 Å². The van der Waals surface area contributed by atoms with Crippen molar-refractivity contribution in [2.75, 3.05) is 0 Å². The van der Waals surface area contributed by atoms with Crippen molar-refractivity contribution in [1.29, 1.82) is 5.26 Å². The van der Waals surface area contributed by atoms with Crippen LogP contribution < -0.4 is 5.32 Å². The second kappa shape index (κ2) is 9.13. The third-order valence-corrected chi connectivity index (χ3v) is 6.81. The lowest BCUT2D eigenvalue weighted by molar-refractivity contribution is -0.141. The molecule has 0 aliphatic heterocycles. The molecule has 0 atom stereocenters. The van der Waals surface area contributed by atoms with E-state index in [4.69, 9.17) is 0 Å². The molecular formula is C23H25F5N4O2. The summed E-state index contributed by atoms with van der Waals surface area (Å²) >= 11 is 0. The van der Waals surface area contributed by atoms with Gasteiger partial charge in [0, 0.05) is 24.4 Å². The number of nitrogens with zero attached hydrogens (tertiary/aromatic N) is 3. The fourth-order valence-corrected chi connectivity index (χ4v) is 4.93. The van der Waals surface area contributed by atoms with Crippen molar-refractivity contribution < 1.29 is 31.9 Å². The van der Waals surface area contributed by atoms with E-state index in [9.17, 15) is 37.1 Å². The maximum Gasteiger partial charge on any atom is 0.435 e. The summed E-state index contributed by atoms with van der Waals surface area (Å²) in [4.78, 5) is 16.5. The van der Waals surface area contributed by atoms with E-state index < -0.39 is 35.7 Å². The van der Waals surface area contributed by atoms with E-state index in [0.717, 1.165) is 4.40 Å². The number of carbonyl (C=O) groups is 1. The Hall–Kier alpha value is -2.74. The number of nitriles is 1. The molecule has 184 valence electrons. The van der Waals surface area contributed by atoms with Crippen LogP contribution in [0.15, 0.2) is 12.1 Å². The van der Waals surface area contributed by atoms with Crippen molar-refractivity contribution in [2.24, 2.45) is 5.92 Å². The molecule has 11 heteroatoms. The Labute approximate surface area is 192 Å². The van der Waals surface area contributed by atoms with Gasteiger partial charge in [-0.05, 0) is 63.0 Å². The number of aliphatic hydroxyl groups excluding tert-OH is 1. The van der Waals surface area contributed by atoms with Gasteiger partial charge in [0.1, 0.15) is 17.4 Å². The fraction of sp³-hybridized carbons (Fsp3) is 0.609. The van der Waals surface area contributed by atoms with E-state index in [1.54, 1.807) is 0 Å². The molecule has 34 heavy (non-hydrogen) atoms. The predicted octanol–water partition coefficient (Wildman–Crippen LogP) is 4.63. The molecule has 0 aromatic carbocycles. The molecule has 0 bridgehead atoms. The number of aromatic nitrogens is 2. The van der Waals surface area contributed by atoms with Crippen LogP contribution in [0.2, 0.25) is 0 Å². The van der Waals surface area contributed by atoms with Gasteiger partial charge in [0.15, 0.2) is 5.69 Å². The van der Waals surface area contributed by atoms with E-state index in [1.165, 1.54) is 12.1 Å². The molecule has 0 unspecified atom stereocenters. The zero-order chi connectivity index (χ0) is 24.7. The Bertz CT molecular complexity index is 1100. The number of imidazole rings is 1. The smallest absolute Gasteiger partial charge is 0.393 e. The largest absolute Gasteiger partial charge is 0.435 e. The minimum Gasteiger partial charge on any atom is -0.393 e. The number of rotatable bonds is 4. The van der Waals surface area contributed by atoms with Crippen LogP contribution in [0.5, 0.6) is 0 Å². The summed E-state index contributed by atoms with van der Waals surface area (Å²) < 4.78 is 69.6. The minimum absolute atomic E-state index is 0.0118. The van der Waals surface area contributed by atoms with E-state index in [2.05, 4.69) is 10.3 Å². The molecule has 2 saturated carbocycles. The summed E-state index contributed by atoms with van der Waals surface area (Å²) in [5.74, 6) is -3.73. The maximum atomic E-state index is 13.8. The van der Waals surface area contributed by atoms with Gasteiger partial charge in [-0.3, -0.25) is 9.20 Å². The zero-order valence-corrected chi connectivity index (χ0v) is 18.3. The number of hydrogen-bond acceptors (Lipinski definition) is 4. The highest BCUT2D eigenvalue weighted by atomic mass is 19.4. The topological polar surface area (TPSA) is 90.4 Å². The van der Waals surface area contributed by atoms with Crippen molar-refractivity contribution in [3.63, 3.8) is 0 Å². The van der Waals surface area contributed by atoms with E-state index >= 15 is 0 Å². The molecule has 2 N–H and O–H groups in total. The first-order valence-corrected chi connectivity index (χ1v) is 11.4. The van der Waals surface area contributed by atoms with Crippen LogP contribution in [0.1, 0.15) is 78.8 Å². The highest BCUT2D eigenvalue weighted by Crippen LogP contribution is 2.40. The SMILES string of the molecule is N#Cc1cc(C(=O)NC2CCC(O)CC2)cc2nc(C(F)(F)F)c(CC3CCC(F)(F)CC3)n12. The first-order valence-electron chi connectivity index (χ1n) is 11.4. The average molecular weight is 484 g/mol. The summed E-state index contributed by atoms with van der Waals surface area (Å²) in [6.07, 6.45) is -3.74. The highest BCUT2D eigenvalue weighted by molar-refractivity contribution is 5.95. The van der Waals surface area contributed by atoms with E-state index in [1.807, 2.05) is 6.07 Å². The third-order valence-electron chi connectivity index (χ3n) is 6.81. The molecule has 0 spiro atoms. The van der Waals surface area contributed by atoms with Gasteiger partial charge in [0.2, 0.25) is 5.92 Å². The van der Waals surface area contributed by atoms with Gasteiger partial charge in [-0.25, -0.2) is 13.8 Å². The second-order valence-electron chi connectivity index (χ2n) is 9.32. The Morgan fingerprint density at radius 3 is 2.41 bits per heavy atom. The summed E-state index contributed by atoms with van der Waals surface area (Å²) in [7, 11) is 0. The Balaban J connectivity index is 1.67. The molecule has 2 aromatic heterocycles. The van der Waals surface area contributed by atoms with E-state index in [-0.39, 0.29) is 60.7 Å². The molecule has 4 rings (SSSR count). The lowest BCUT2D eigenvalue weighted by Crippen LogP contribution is -2.38. The van der Waals surface area contributed by atoms with Gasteiger partial charge in [-0.15, -0.1) is 0 Å². The lowest BCUT2D eigenvalue weighted by Gasteiger charge is -2.28. The van der Waals surface area contributed by atoms with Gasteiger partial charge in [-0.1, -0.05) is 0 Å². The standard InChI is InChI=1S/C23H25F5N4O2/c24-22(25)7-5-13(6-8-22)9-18-20(23(26,27)28)31-19-11-14(10-16(12-29)32(18)19)21(34)30-15-1-3-17(33)4-2-15/h10-11,13,15,17,33H,1-9H2,(H,30,34). The van der Waals surface area contributed by atoms with Crippen LogP contribution in [-0.2, 0) is 12.6 Å². The molecule has 0 saturated heterocycles. The normalized spacial score (nSPS) is 23.6. The Morgan fingerprint density at radius 1 is 1.18 bits per heavy atom. The first kappa shape index (κ1) is 24.4. The van der Waals surface area contributed by atoms with Gasteiger partial charge in [0.05, 0.1) is 11.8 Å². The molecule has 1 amide bonds. The predicted molar refractivity (Wildman–Crippen MR) is 111 cm³/mol. The van der Waals surface area contributed by atoms with Crippen molar-refractivity contribution in [2.45, 2.75) is 82.0 Å². The number of halogens is 5. The molecular weight excluding hydrogens is 459 g/mol. The summed E-state index contributed by atoms with van der Waals surface area (Å²) in [5.41, 5.74) is -1.77. The zero-order valence-electron chi connectivity index (χ0n) is 18.3. The van der Waals surface area contributed by atoms with Gasteiger partial charge in [-0.2, -0.15) is 18.4 Å². The maximum absolute atomic E-state index is 13.8. The van der Waals surface area contributed by atoms with Gasteiger partial charge < -0.3 is 10.4 Å². The summed E-state index contributed by atoms with van der Waals surface area (Å²) in [6, 6.07) is 4.11. The average Bonchev–Trinajstić information content (AvgIpc) is 3.15. The molecule has 2 aromatic rings. The van der Waals surface area contributed by atoms with Crippen LogP contribution >= 0.6 is 0 Å². The monoisotopic (exact) mass is 484 g/mol. The van der Waals surface area contributed by atoms with Crippen molar-refractivity contribution in [3.8, 4) is 6.07 Å². The van der Waals surface area contributed by atoms with E-state index in [0.29, 0.717) is 25.7 Å². The number of pyridine rings is 1.